The first-order chi connectivity index (χ1) is 11.3. The van der Waals surface area contributed by atoms with Gasteiger partial charge in [0, 0.05) is 12.5 Å². The summed E-state index contributed by atoms with van der Waals surface area (Å²) in [7, 11) is 0. The van der Waals surface area contributed by atoms with Gasteiger partial charge in [0.15, 0.2) is 0 Å². The van der Waals surface area contributed by atoms with E-state index >= 15 is 0 Å². The van der Waals surface area contributed by atoms with Gasteiger partial charge in [-0.05, 0) is 54.9 Å². The summed E-state index contributed by atoms with van der Waals surface area (Å²) in [6, 6.07) is -0.563. The van der Waals surface area contributed by atoms with Crippen molar-refractivity contribution in [2.45, 2.75) is 78.6 Å². The van der Waals surface area contributed by atoms with Gasteiger partial charge in [-0.15, -0.1) is 0 Å². The van der Waals surface area contributed by atoms with Gasteiger partial charge >= 0.3 is 18.0 Å². The number of rotatable bonds is 7. The molecule has 0 aromatic carbocycles. The monoisotopic (exact) mass is 357 g/mol. The fraction of sp³-hybridized carbons (Fsp3) is 0.722. The minimum Gasteiger partial charge on any atom is -0.463 e. The molecule has 1 amide bonds. The van der Waals surface area contributed by atoms with E-state index in [4.69, 9.17) is 14.2 Å². The highest BCUT2D eigenvalue weighted by Crippen LogP contribution is 2.12. The quantitative estimate of drug-likeness (QED) is 0.428. The van der Waals surface area contributed by atoms with Gasteiger partial charge in [0.2, 0.25) is 0 Å². The summed E-state index contributed by atoms with van der Waals surface area (Å²) in [5, 5.41) is 2.63. The van der Waals surface area contributed by atoms with Crippen molar-refractivity contribution in [3.8, 4) is 0 Å². The zero-order chi connectivity index (χ0) is 19.7. The minimum absolute atomic E-state index is 0.0882. The zero-order valence-electron chi connectivity index (χ0n) is 16.3. The summed E-state index contributed by atoms with van der Waals surface area (Å²) in [6.07, 6.45) is 2.43. The lowest BCUT2D eigenvalue weighted by Gasteiger charge is -2.23. The summed E-state index contributed by atoms with van der Waals surface area (Å²) in [6.45, 7) is 12.5. The molecule has 0 radical (unpaired) electrons. The van der Waals surface area contributed by atoms with E-state index in [9.17, 15) is 14.4 Å². The predicted molar refractivity (Wildman–Crippen MR) is 94.0 cm³/mol. The van der Waals surface area contributed by atoms with Crippen LogP contribution in [0.15, 0.2) is 12.2 Å². The number of nitrogens with one attached hydrogen (secondary N) is 1. The predicted octanol–water partition coefficient (Wildman–Crippen LogP) is 3.12. The number of hydrogen-bond donors (Lipinski definition) is 1. The van der Waals surface area contributed by atoms with Gasteiger partial charge in [-0.25, -0.2) is 9.59 Å². The second kappa shape index (κ2) is 10.1. The maximum absolute atomic E-state index is 11.9. The van der Waals surface area contributed by atoms with Crippen LogP contribution in [-0.2, 0) is 23.8 Å². The average Bonchev–Trinajstić information content (AvgIpc) is 2.38. The number of alkyl carbamates (subject to hydrolysis) is 1. The van der Waals surface area contributed by atoms with Crippen LogP contribution < -0.4 is 5.32 Å². The molecule has 1 atom stereocenters. The highest BCUT2D eigenvalue weighted by atomic mass is 16.6. The molecule has 7 nitrogen and oxygen atoms in total. The topological polar surface area (TPSA) is 90.9 Å². The standard InChI is InChI=1S/C18H31NO6/c1-8-23-14(20)11-9-13(19-16(22)25-18(5,6)7)10-12-15(21)24-17(2,3)4/h9,11,13H,8,10,12H2,1-7H3,(H,19,22)/b11-9+/t13-/m1/s1. The molecule has 0 unspecified atom stereocenters. The minimum atomic E-state index is -0.648. The maximum Gasteiger partial charge on any atom is 0.408 e. The van der Waals surface area contributed by atoms with Gasteiger partial charge in [-0.2, -0.15) is 0 Å². The Hall–Kier alpha value is -2.05. The third-order valence-corrected chi connectivity index (χ3v) is 2.53. The Morgan fingerprint density at radius 3 is 2.04 bits per heavy atom. The van der Waals surface area contributed by atoms with Crippen molar-refractivity contribution in [2.75, 3.05) is 6.61 Å². The second-order valence-electron chi connectivity index (χ2n) is 7.49. The molecule has 0 rings (SSSR count). The van der Waals surface area contributed by atoms with E-state index in [2.05, 4.69) is 5.32 Å². The lowest BCUT2D eigenvalue weighted by molar-refractivity contribution is -0.155. The van der Waals surface area contributed by atoms with Gasteiger partial charge < -0.3 is 19.5 Å². The Labute approximate surface area is 150 Å². The van der Waals surface area contributed by atoms with Crippen molar-refractivity contribution in [3.63, 3.8) is 0 Å². The summed E-state index contributed by atoms with van der Waals surface area (Å²) < 4.78 is 15.2. The van der Waals surface area contributed by atoms with Crippen LogP contribution in [0.3, 0.4) is 0 Å². The van der Waals surface area contributed by atoms with Crippen molar-refractivity contribution < 1.29 is 28.6 Å². The zero-order valence-corrected chi connectivity index (χ0v) is 16.3. The van der Waals surface area contributed by atoms with Crippen LogP contribution in [0.1, 0.15) is 61.3 Å². The normalized spacial score (nSPS) is 13.2. The summed E-state index contributed by atoms with van der Waals surface area (Å²) >= 11 is 0. The van der Waals surface area contributed by atoms with Gasteiger partial charge in [-0.3, -0.25) is 4.79 Å². The van der Waals surface area contributed by atoms with Crippen LogP contribution >= 0.6 is 0 Å². The fourth-order valence-electron chi connectivity index (χ4n) is 1.73. The third-order valence-electron chi connectivity index (χ3n) is 2.53. The van der Waals surface area contributed by atoms with Crippen LogP contribution in [0.4, 0.5) is 4.79 Å². The Morgan fingerprint density at radius 2 is 1.56 bits per heavy atom. The van der Waals surface area contributed by atoms with Crippen molar-refractivity contribution in [1.29, 1.82) is 0 Å². The highest BCUT2D eigenvalue weighted by Gasteiger charge is 2.21. The summed E-state index contributed by atoms with van der Waals surface area (Å²) in [4.78, 5) is 35.2. The summed E-state index contributed by atoms with van der Waals surface area (Å²) in [5.74, 6) is -0.899. The fourth-order valence-corrected chi connectivity index (χ4v) is 1.73. The van der Waals surface area contributed by atoms with Crippen molar-refractivity contribution in [2.24, 2.45) is 0 Å². The smallest absolute Gasteiger partial charge is 0.408 e. The van der Waals surface area contributed by atoms with Gasteiger partial charge in [0.1, 0.15) is 11.2 Å². The Bertz CT molecular complexity index is 485. The van der Waals surface area contributed by atoms with Crippen molar-refractivity contribution in [3.05, 3.63) is 12.2 Å². The van der Waals surface area contributed by atoms with Gasteiger partial charge in [-0.1, -0.05) is 6.08 Å². The first kappa shape index (κ1) is 22.9. The molecule has 0 fully saturated rings. The largest absolute Gasteiger partial charge is 0.463 e. The molecule has 0 aromatic heterocycles. The number of esters is 2. The van der Waals surface area contributed by atoms with Crippen molar-refractivity contribution in [1.82, 2.24) is 5.32 Å². The van der Waals surface area contributed by atoms with Crippen LogP contribution in [0.2, 0.25) is 0 Å². The summed E-state index contributed by atoms with van der Waals surface area (Å²) in [5.41, 5.74) is -1.23. The van der Waals surface area contributed by atoms with E-state index in [0.29, 0.717) is 0 Å². The average molecular weight is 357 g/mol. The van der Waals surface area contributed by atoms with Crippen LogP contribution in [-0.4, -0.2) is 41.9 Å². The van der Waals surface area contributed by atoms with E-state index in [1.807, 2.05) is 0 Å². The van der Waals surface area contributed by atoms with E-state index in [-0.39, 0.29) is 25.4 Å². The first-order valence-corrected chi connectivity index (χ1v) is 8.38. The molecule has 144 valence electrons. The lowest BCUT2D eigenvalue weighted by atomic mass is 10.1. The van der Waals surface area contributed by atoms with E-state index < -0.39 is 29.3 Å². The van der Waals surface area contributed by atoms with Crippen LogP contribution in [0.25, 0.3) is 0 Å². The molecule has 1 N–H and O–H groups in total. The Balaban J connectivity index is 4.80. The molecular formula is C18H31NO6. The van der Waals surface area contributed by atoms with E-state index in [1.54, 1.807) is 48.5 Å². The molecule has 0 aliphatic carbocycles. The number of carbonyl (C=O) groups is 3. The molecule has 25 heavy (non-hydrogen) atoms. The molecule has 0 saturated heterocycles. The number of carbonyl (C=O) groups excluding carboxylic acids is 3. The molecule has 0 saturated carbocycles. The molecule has 0 aromatic rings. The van der Waals surface area contributed by atoms with Crippen LogP contribution in [0.5, 0.6) is 0 Å². The number of hydrogen-bond acceptors (Lipinski definition) is 6. The third kappa shape index (κ3) is 14.0. The lowest BCUT2D eigenvalue weighted by Crippen LogP contribution is -2.38. The Morgan fingerprint density at radius 1 is 1.00 bits per heavy atom. The molecule has 0 heterocycles. The number of ether oxygens (including phenoxy) is 3. The molecular weight excluding hydrogens is 326 g/mol. The highest BCUT2D eigenvalue weighted by molar-refractivity contribution is 5.82. The molecule has 0 spiro atoms. The molecule has 0 bridgehead atoms. The molecule has 0 aliphatic heterocycles. The second-order valence-corrected chi connectivity index (χ2v) is 7.49. The first-order valence-electron chi connectivity index (χ1n) is 8.38. The maximum atomic E-state index is 11.9. The van der Waals surface area contributed by atoms with Gasteiger partial charge in [0.05, 0.1) is 12.6 Å². The number of amides is 1. The van der Waals surface area contributed by atoms with E-state index in [0.717, 1.165) is 0 Å². The molecule has 0 aliphatic rings. The van der Waals surface area contributed by atoms with Gasteiger partial charge in [0.25, 0.3) is 0 Å². The Kier molecular flexibility index (Phi) is 9.23. The van der Waals surface area contributed by atoms with Crippen LogP contribution in [0, 0.1) is 0 Å². The molecule has 7 heteroatoms. The SMILES string of the molecule is CCOC(=O)/C=C/[C@H](CCC(=O)OC(C)(C)C)NC(=O)OC(C)(C)C. The van der Waals surface area contributed by atoms with Crippen molar-refractivity contribution >= 4 is 18.0 Å². The van der Waals surface area contributed by atoms with E-state index in [1.165, 1.54) is 12.2 Å².